The second kappa shape index (κ2) is 4.07. The Morgan fingerprint density at radius 3 is 2.82 bits per heavy atom. The van der Waals surface area contributed by atoms with E-state index in [9.17, 15) is 5.11 Å². The Labute approximate surface area is 69.2 Å². The van der Waals surface area contributed by atoms with Crippen molar-refractivity contribution in [3.63, 3.8) is 0 Å². The maximum atomic E-state index is 9.64. The highest BCUT2D eigenvalue weighted by Crippen LogP contribution is 2.20. The summed E-state index contributed by atoms with van der Waals surface area (Å²) in [6.45, 7) is 4.37. The minimum Gasteiger partial charge on any atom is -0.393 e. The summed E-state index contributed by atoms with van der Waals surface area (Å²) in [6.07, 6.45) is 3.20. The van der Waals surface area contributed by atoms with Gasteiger partial charge in [0.1, 0.15) is 0 Å². The molecule has 0 bridgehead atoms. The van der Waals surface area contributed by atoms with Crippen LogP contribution in [0.25, 0.3) is 0 Å². The smallest absolute Gasteiger partial charge is 0.0581 e. The zero-order valence-corrected chi connectivity index (χ0v) is 7.58. The fourth-order valence-electron chi connectivity index (χ4n) is 1.81. The lowest BCUT2D eigenvalue weighted by Crippen LogP contribution is -2.23. The van der Waals surface area contributed by atoms with Crippen molar-refractivity contribution in [1.29, 1.82) is 0 Å². The molecule has 0 spiro atoms. The Bertz CT molecular complexity index is 116. The van der Waals surface area contributed by atoms with Crippen molar-refractivity contribution in [3.05, 3.63) is 0 Å². The molecule has 66 valence electrons. The van der Waals surface area contributed by atoms with Gasteiger partial charge in [0.15, 0.2) is 0 Å². The summed E-state index contributed by atoms with van der Waals surface area (Å²) in [4.78, 5) is 2.30. The predicted octanol–water partition coefficient (Wildman–Crippen LogP) is 1.10. The van der Waals surface area contributed by atoms with Gasteiger partial charge in [-0.2, -0.15) is 0 Å². The summed E-state index contributed by atoms with van der Waals surface area (Å²) in [6, 6.07) is 0. The van der Waals surface area contributed by atoms with E-state index >= 15 is 0 Å². The van der Waals surface area contributed by atoms with E-state index in [1.54, 1.807) is 0 Å². The van der Waals surface area contributed by atoms with Gasteiger partial charge in [0, 0.05) is 6.54 Å². The Kier molecular flexibility index (Phi) is 3.34. The molecule has 0 aliphatic carbocycles. The molecule has 0 aromatic heterocycles. The van der Waals surface area contributed by atoms with Crippen molar-refractivity contribution in [2.24, 2.45) is 5.92 Å². The number of hydrogen-bond acceptors (Lipinski definition) is 2. The summed E-state index contributed by atoms with van der Waals surface area (Å²) in [5.74, 6) is 0.542. The SMILES string of the molecule is CCCC(O)C1CCN(C)C1. The second-order valence-electron chi connectivity index (χ2n) is 3.67. The van der Waals surface area contributed by atoms with Gasteiger partial charge in [-0.15, -0.1) is 0 Å². The average Bonchev–Trinajstić information content (AvgIpc) is 2.36. The lowest BCUT2D eigenvalue weighted by Gasteiger charge is -2.16. The Hall–Kier alpha value is -0.0800. The van der Waals surface area contributed by atoms with Crippen LogP contribution in [0.4, 0.5) is 0 Å². The number of nitrogens with zero attached hydrogens (tertiary/aromatic N) is 1. The maximum Gasteiger partial charge on any atom is 0.0581 e. The molecule has 1 heterocycles. The van der Waals surface area contributed by atoms with Crippen LogP contribution in [0.1, 0.15) is 26.2 Å². The van der Waals surface area contributed by atoms with E-state index in [1.807, 2.05) is 0 Å². The lowest BCUT2D eigenvalue weighted by molar-refractivity contribution is 0.102. The number of rotatable bonds is 3. The third-order valence-electron chi connectivity index (χ3n) is 2.56. The fraction of sp³-hybridized carbons (Fsp3) is 1.00. The molecular formula is C9H19NO. The van der Waals surface area contributed by atoms with Crippen LogP contribution in [0, 0.1) is 5.92 Å². The molecule has 0 aromatic carbocycles. The number of likely N-dealkylation sites (tertiary alicyclic amines) is 1. The summed E-state index contributed by atoms with van der Waals surface area (Å²) in [5.41, 5.74) is 0. The molecule has 2 atom stereocenters. The zero-order valence-electron chi connectivity index (χ0n) is 7.58. The topological polar surface area (TPSA) is 23.5 Å². The lowest BCUT2D eigenvalue weighted by atomic mass is 9.98. The van der Waals surface area contributed by atoms with E-state index in [-0.39, 0.29) is 6.10 Å². The first-order chi connectivity index (χ1) is 5.24. The van der Waals surface area contributed by atoms with Crippen LogP contribution in [0.2, 0.25) is 0 Å². The molecule has 11 heavy (non-hydrogen) atoms. The molecule has 2 heteroatoms. The Balaban J connectivity index is 2.25. The average molecular weight is 157 g/mol. The van der Waals surface area contributed by atoms with Gasteiger partial charge in [-0.1, -0.05) is 13.3 Å². The molecule has 0 radical (unpaired) electrons. The van der Waals surface area contributed by atoms with Crippen LogP contribution < -0.4 is 0 Å². The molecular weight excluding hydrogens is 138 g/mol. The van der Waals surface area contributed by atoms with E-state index in [4.69, 9.17) is 0 Å². The van der Waals surface area contributed by atoms with Gasteiger partial charge in [-0.25, -0.2) is 0 Å². The highest BCUT2D eigenvalue weighted by atomic mass is 16.3. The highest BCUT2D eigenvalue weighted by molar-refractivity contribution is 4.78. The molecule has 0 amide bonds. The molecule has 2 nitrogen and oxygen atoms in total. The van der Waals surface area contributed by atoms with Crippen LogP contribution in [-0.4, -0.2) is 36.2 Å². The largest absolute Gasteiger partial charge is 0.393 e. The molecule has 2 unspecified atom stereocenters. The maximum absolute atomic E-state index is 9.64. The quantitative estimate of drug-likeness (QED) is 0.663. The molecule has 0 saturated carbocycles. The summed E-state index contributed by atoms with van der Waals surface area (Å²) in [5, 5.41) is 9.64. The fourth-order valence-corrected chi connectivity index (χ4v) is 1.81. The number of aliphatic hydroxyl groups excluding tert-OH is 1. The van der Waals surface area contributed by atoms with Gasteiger partial charge in [0.05, 0.1) is 6.10 Å². The van der Waals surface area contributed by atoms with Gasteiger partial charge in [-0.05, 0) is 32.4 Å². The molecule has 1 saturated heterocycles. The third kappa shape index (κ3) is 2.46. The van der Waals surface area contributed by atoms with E-state index in [0.717, 1.165) is 25.9 Å². The van der Waals surface area contributed by atoms with Crippen LogP contribution in [0.15, 0.2) is 0 Å². The predicted molar refractivity (Wildman–Crippen MR) is 46.5 cm³/mol. The van der Waals surface area contributed by atoms with Gasteiger partial charge in [0.25, 0.3) is 0 Å². The zero-order chi connectivity index (χ0) is 8.27. The highest BCUT2D eigenvalue weighted by Gasteiger charge is 2.25. The number of hydrogen-bond donors (Lipinski definition) is 1. The monoisotopic (exact) mass is 157 g/mol. The van der Waals surface area contributed by atoms with E-state index in [1.165, 1.54) is 6.42 Å². The van der Waals surface area contributed by atoms with Crippen molar-refractivity contribution in [1.82, 2.24) is 4.90 Å². The van der Waals surface area contributed by atoms with E-state index in [0.29, 0.717) is 5.92 Å². The van der Waals surface area contributed by atoms with Gasteiger partial charge >= 0.3 is 0 Å². The minimum absolute atomic E-state index is 0.0510. The van der Waals surface area contributed by atoms with Crippen LogP contribution in [0.3, 0.4) is 0 Å². The van der Waals surface area contributed by atoms with Crippen molar-refractivity contribution >= 4 is 0 Å². The first-order valence-corrected chi connectivity index (χ1v) is 4.60. The molecule has 1 N–H and O–H groups in total. The van der Waals surface area contributed by atoms with E-state index in [2.05, 4.69) is 18.9 Å². The van der Waals surface area contributed by atoms with Gasteiger partial charge in [-0.3, -0.25) is 0 Å². The second-order valence-corrected chi connectivity index (χ2v) is 3.67. The van der Waals surface area contributed by atoms with Crippen LogP contribution in [-0.2, 0) is 0 Å². The van der Waals surface area contributed by atoms with Crippen molar-refractivity contribution in [3.8, 4) is 0 Å². The molecule has 0 aromatic rings. The molecule has 1 fully saturated rings. The van der Waals surface area contributed by atoms with Crippen molar-refractivity contribution in [2.75, 3.05) is 20.1 Å². The molecule has 1 rings (SSSR count). The summed E-state index contributed by atoms with van der Waals surface area (Å²) in [7, 11) is 2.12. The number of aliphatic hydroxyl groups is 1. The first-order valence-electron chi connectivity index (χ1n) is 4.60. The molecule has 1 aliphatic heterocycles. The van der Waals surface area contributed by atoms with Gasteiger partial charge in [0.2, 0.25) is 0 Å². The van der Waals surface area contributed by atoms with Crippen molar-refractivity contribution < 1.29 is 5.11 Å². The first kappa shape index (κ1) is 9.01. The van der Waals surface area contributed by atoms with E-state index < -0.39 is 0 Å². The van der Waals surface area contributed by atoms with Crippen LogP contribution in [0.5, 0.6) is 0 Å². The van der Waals surface area contributed by atoms with Crippen molar-refractivity contribution in [2.45, 2.75) is 32.3 Å². The Morgan fingerprint density at radius 1 is 1.64 bits per heavy atom. The normalized spacial score (nSPS) is 29.2. The van der Waals surface area contributed by atoms with Crippen LogP contribution >= 0.6 is 0 Å². The minimum atomic E-state index is -0.0510. The summed E-state index contributed by atoms with van der Waals surface area (Å²) < 4.78 is 0. The summed E-state index contributed by atoms with van der Waals surface area (Å²) >= 11 is 0. The Morgan fingerprint density at radius 2 is 2.36 bits per heavy atom. The standard InChI is InChI=1S/C9H19NO/c1-3-4-9(11)8-5-6-10(2)7-8/h8-9,11H,3-7H2,1-2H3. The van der Waals surface area contributed by atoms with Gasteiger partial charge < -0.3 is 10.0 Å². The third-order valence-corrected chi connectivity index (χ3v) is 2.56. The molecule has 1 aliphatic rings.